The summed E-state index contributed by atoms with van der Waals surface area (Å²) in [6.45, 7) is 3.37. The van der Waals surface area contributed by atoms with Gasteiger partial charge in [-0.05, 0) is 42.2 Å². The summed E-state index contributed by atoms with van der Waals surface area (Å²) >= 11 is 0. The van der Waals surface area contributed by atoms with Gasteiger partial charge in [-0.1, -0.05) is 49.7 Å². The first-order chi connectivity index (χ1) is 12.5. The molecule has 0 heterocycles. The van der Waals surface area contributed by atoms with Crippen molar-refractivity contribution in [3.63, 3.8) is 0 Å². The number of nitrogens with one attached hydrogen (secondary N) is 1. The molecule has 2 aromatic carbocycles. The molecule has 2 atom stereocenters. The molecule has 0 unspecified atom stereocenters. The molecular weight excluding hydrogens is 328 g/mol. The van der Waals surface area contributed by atoms with E-state index in [4.69, 9.17) is 5.73 Å². The molecule has 0 aliphatic heterocycles. The molecule has 0 saturated heterocycles. The summed E-state index contributed by atoms with van der Waals surface area (Å²) in [5.74, 6) is -0.820. The lowest BCUT2D eigenvalue weighted by atomic mass is 10.0. The summed E-state index contributed by atoms with van der Waals surface area (Å²) in [6.07, 6.45) is 1.17. The second-order valence-corrected chi connectivity index (χ2v) is 6.39. The molecule has 2 rings (SSSR count). The first-order valence-electron chi connectivity index (χ1n) is 8.87. The third kappa shape index (κ3) is 5.00. The van der Waals surface area contributed by atoms with Gasteiger partial charge in [0, 0.05) is 5.56 Å². The molecule has 138 valence electrons. The second kappa shape index (κ2) is 9.27. The van der Waals surface area contributed by atoms with Gasteiger partial charge < -0.3 is 16.2 Å². The minimum atomic E-state index is -1.00. The summed E-state index contributed by atoms with van der Waals surface area (Å²) in [7, 11) is 0. The van der Waals surface area contributed by atoms with Crippen LogP contribution in [0.4, 0.5) is 0 Å². The zero-order valence-electron chi connectivity index (χ0n) is 15.2. The standard InChI is InChI=1S/C21H26N2O3/c1-3-4-15-5-7-16(8-6-15)17-9-11-18(12-10-17)21(26)23-20(14(2)24)19(25)13-22/h5-12,14,20,24H,3-4,13,22H2,1-2H3,(H,23,26)/t14-,20+/m1/s1. The average molecular weight is 354 g/mol. The molecule has 0 bridgehead atoms. The molecule has 0 spiro atoms. The van der Waals surface area contributed by atoms with Crippen LogP contribution < -0.4 is 11.1 Å². The molecule has 0 saturated carbocycles. The van der Waals surface area contributed by atoms with E-state index >= 15 is 0 Å². The highest BCUT2D eigenvalue weighted by Gasteiger charge is 2.24. The van der Waals surface area contributed by atoms with Crippen molar-refractivity contribution in [1.29, 1.82) is 0 Å². The molecule has 4 N–H and O–H groups in total. The number of amides is 1. The number of benzene rings is 2. The van der Waals surface area contributed by atoms with E-state index in [0.29, 0.717) is 5.56 Å². The van der Waals surface area contributed by atoms with Gasteiger partial charge in [-0.2, -0.15) is 0 Å². The fourth-order valence-electron chi connectivity index (χ4n) is 2.79. The van der Waals surface area contributed by atoms with Gasteiger partial charge >= 0.3 is 0 Å². The van der Waals surface area contributed by atoms with Gasteiger partial charge in [-0.3, -0.25) is 9.59 Å². The Hall–Kier alpha value is -2.50. The molecule has 0 aromatic heterocycles. The SMILES string of the molecule is CCCc1ccc(-c2ccc(C(=O)N[C@H](C(=O)CN)[C@@H](C)O)cc2)cc1. The molecule has 0 fully saturated rings. The predicted molar refractivity (Wildman–Crippen MR) is 103 cm³/mol. The minimum absolute atomic E-state index is 0.233. The molecule has 26 heavy (non-hydrogen) atoms. The van der Waals surface area contributed by atoms with Crippen molar-refractivity contribution in [3.05, 3.63) is 59.7 Å². The third-order valence-electron chi connectivity index (χ3n) is 4.29. The number of Topliss-reactive ketones (excluding diaryl/α,β-unsaturated/α-hetero) is 1. The van der Waals surface area contributed by atoms with Gasteiger partial charge in [0.05, 0.1) is 12.6 Å². The van der Waals surface area contributed by atoms with E-state index in [1.54, 1.807) is 12.1 Å². The first-order valence-corrected chi connectivity index (χ1v) is 8.87. The van der Waals surface area contributed by atoms with Crippen LogP contribution in [0.15, 0.2) is 48.5 Å². The quantitative estimate of drug-likeness (QED) is 0.678. The molecule has 0 radical (unpaired) electrons. The van der Waals surface area contributed by atoms with Crippen molar-refractivity contribution < 1.29 is 14.7 Å². The number of hydrogen-bond donors (Lipinski definition) is 3. The number of aryl methyl sites for hydroxylation is 1. The molecule has 5 heteroatoms. The number of ketones is 1. The van der Waals surface area contributed by atoms with E-state index in [9.17, 15) is 14.7 Å². The summed E-state index contributed by atoms with van der Waals surface area (Å²) in [6, 6.07) is 14.5. The normalized spacial score (nSPS) is 13.1. The summed E-state index contributed by atoms with van der Waals surface area (Å²) in [5.41, 5.74) is 9.15. The van der Waals surface area contributed by atoms with E-state index in [0.717, 1.165) is 24.0 Å². The van der Waals surface area contributed by atoms with Gasteiger partial charge in [0.15, 0.2) is 5.78 Å². The smallest absolute Gasteiger partial charge is 0.251 e. The number of hydrogen-bond acceptors (Lipinski definition) is 4. The largest absolute Gasteiger partial charge is 0.391 e. The van der Waals surface area contributed by atoms with E-state index in [1.807, 2.05) is 12.1 Å². The van der Waals surface area contributed by atoms with Crippen LogP contribution in [0.3, 0.4) is 0 Å². The van der Waals surface area contributed by atoms with Gasteiger partial charge in [0.25, 0.3) is 5.91 Å². The monoisotopic (exact) mass is 354 g/mol. The predicted octanol–water partition coefficient (Wildman–Crippen LogP) is 2.31. The van der Waals surface area contributed by atoms with Crippen LogP contribution in [-0.2, 0) is 11.2 Å². The van der Waals surface area contributed by atoms with E-state index in [-0.39, 0.29) is 6.54 Å². The molecule has 1 amide bonds. The van der Waals surface area contributed by atoms with Crippen LogP contribution in [0.5, 0.6) is 0 Å². The second-order valence-electron chi connectivity index (χ2n) is 6.39. The van der Waals surface area contributed by atoms with Crippen LogP contribution in [0, 0.1) is 0 Å². The highest BCUT2D eigenvalue weighted by Crippen LogP contribution is 2.21. The fourth-order valence-corrected chi connectivity index (χ4v) is 2.79. The van der Waals surface area contributed by atoms with E-state index < -0.39 is 23.8 Å². The van der Waals surface area contributed by atoms with Crippen LogP contribution in [-0.4, -0.2) is 35.5 Å². The lowest BCUT2D eigenvalue weighted by Gasteiger charge is -2.19. The zero-order chi connectivity index (χ0) is 19.1. The Morgan fingerprint density at radius 2 is 1.58 bits per heavy atom. The van der Waals surface area contributed by atoms with Crippen molar-refractivity contribution in [2.75, 3.05) is 6.54 Å². The van der Waals surface area contributed by atoms with Crippen molar-refractivity contribution >= 4 is 11.7 Å². The molecular formula is C21H26N2O3. The van der Waals surface area contributed by atoms with Crippen molar-refractivity contribution in [3.8, 4) is 11.1 Å². The summed E-state index contributed by atoms with van der Waals surface area (Å²) in [5, 5.41) is 12.2. The zero-order valence-corrected chi connectivity index (χ0v) is 15.2. The van der Waals surface area contributed by atoms with Gasteiger partial charge in [-0.15, -0.1) is 0 Å². The Bertz CT molecular complexity index is 737. The number of rotatable bonds is 8. The fraction of sp³-hybridized carbons (Fsp3) is 0.333. The van der Waals surface area contributed by atoms with Crippen LogP contribution in [0.2, 0.25) is 0 Å². The molecule has 0 aliphatic carbocycles. The summed E-state index contributed by atoms with van der Waals surface area (Å²) < 4.78 is 0. The number of carbonyl (C=O) groups is 2. The van der Waals surface area contributed by atoms with Crippen molar-refractivity contribution in [2.24, 2.45) is 5.73 Å². The van der Waals surface area contributed by atoms with Gasteiger partial charge in [0.2, 0.25) is 0 Å². The molecule has 2 aromatic rings. The Kier molecular flexibility index (Phi) is 7.06. The van der Waals surface area contributed by atoms with Crippen LogP contribution >= 0.6 is 0 Å². The molecule has 0 aliphatic rings. The van der Waals surface area contributed by atoms with Gasteiger partial charge in [-0.25, -0.2) is 0 Å². The number of aliphatic hydroxyl groups is 1. The minimum Gasteiger partial charge on any atom is -0.391 e. The maximum Gasteiger partial charge on any atom is 0.251 e. The van der Waals surface area contributed by atoms with Crippen molar-refractivity contribution in [2.45, 2.75) is 38.8 Å². The highest BCUT2D eigenvalue weighted by atomic mass is 16.3. The van der Waals surface area contributed by atoms with Gasteiger partial charge in [0.1, 0.15) is 6.04 Å². The third-order valence-corrected chi connectivity index (χ3v) is 4.29. The topological polar surface area (TPSA) is 92.4 Å². The maximum atomic E-state index is 12.3. The summed E-state index contributed by atoms with van der Waals surface area (Å²) in [4.78, 5) is 24.1. The van der Waals surface area contributed by atoms with E-state index in [2.05, 4.69) is 36.5 Å². The average Bonchev–Trinajstić information content (AvgIpc) is 2.66. The Morgan fingerprint density at radius 1 is 1.04 bits per heavy atom. The lowest BCUT2D eigenvalue weighted by Crippen LogP contribution is -2.49. The Balaban J connectivity index is 2.10. The lowest BCUT2D eigenvalue weighted by molar-refractivity contribution is -0.121. The van der Waals surface area contributed by atoms with E-state index in [1.165, 1.54) is 12.5 Å². The number of aliphatic hydroxyl groups excluding tert-OH is 1. The number of nitrogens with two attached hydrogens (primary N) is 1. The van der Waals surface area contributed by atoms with Crippen molar-refractivity contribution in [1.82, 2.24) is 5.32 Å². The number of carbonyl (C=O) groups excluding carboxylic acids is 2. The van der Waals surface area contributed by atoms with Crippen LogP contribution in [0.1, 0.15) is 36.2 Å². The van der Waals surface area contributed by atoms with Crippen LogP contribution in [0.25, 0.3) is 11.1 Å². The first kappa shape index (κ1) is 19.8. The molecule has 5 nitrogen and oxygen atoms in total. The Morgan fingerprint density at radius 3 is 2.04 bits per heavy atom. The highest BCUT2D eigenvalue weighted by molar-refractivity contribution is 5.98. The Labute approximate surface area is 154 Å². The maximum absolute atomic E-state index is 12.3.